The summed E-state index contributed by atoms with van der Waals surface area (Å²) in [4.78, 5) is 17.4. The normalized spacial score (nSPS) is 10.6. The third-order valence-electron chi connectivity index (χ3n) is 4.91. The second kappa shape index (κ2) is 8.25. The molecule has 0 fully saturated rings. The monoisotopic (exact) mass is 398 g/mol. The summed E-state index contributed by atoms with van der Waals surface area (Å²) in [7, 11) is 1.63. The second-order valence-corrected chi connectivity index (χ2v) is 7.08. The number of carbonyl (C=O) groups is 1. The standard InChI is InChI=1S/C25H22N2O3/c1-16-8-13-22(17(2)14-16)27-24(28)20-6-4-5-7-21(20)25-26-15-23(30-25)18-9-11-19(29-3)12-10-18/h4-15H,1-3H3,(H,27,28). The Kier molecular flexibility index (Phi) is 5.35. The molecule has 0 aliphatic carbocycles. The fourth-order valence-electron chi connectivity index (χ4n) is 3.30. The number of amides is 1. The Morgan fingerprint density at radius 1 is 1.00 bits per heavy atom. The van der Waals surface area contributed by atoms with E-state index in [1.54, 1.807) is 19.4 Å². The molecule has 0 radical (unpaired) electrons. The smallest absolute Gasteiger partial charge is 0.256 e. The maximum atomic E-state index is 13.0. The zero-order valence-electron chi connectivity index (χ0n) is 17.1. The minimum atomic E-state index is -0.207. The molecule has 5 nitrogen and oxygen atoms in total. The molecule has 0 unspecified atom stereocenters. The number of methoxy groups -OCH3 is 1. The number of carbonyl (C=O) groups excluding carboxylic acids is 1. The van der Waals surface area contributed by atoms with Crippen LogP contribution >= 0.6 is 0 Å². The molecule has 5 heteroatoms. The quantitative estimate of drug-likeness (QED) is 0.455. The molecule has 4 aromatic rings. The van der Waals surface area contributed by atoms with Gasteiger partial charge in [0.15, 0.2) is 5.76 Å². The number of rotatable bonds is 5. The fraction of sp³-hybridized carbons (Fsp3) is 0.120. The summed E-state index contributed by atoms with van der Waals surface area (Å²) >= 11 is 0. The number of hydrogen-bond donors (Lipinski definition) is 1. The van der Waals surface area contributed by atoms with Crippen LogP contribution in [0.25, 0.3) is 22.8 Å². The van der Waals surface area contributed by atoms with E-state index < -0.39 is 0 Å². The van der Waals surface area contributed by atoms with Gasteiger partial charge in [0.2, 0.25) is 5.89 Å². The van der Waals surface area contributed by atoms with Gasteiger partial charge in [-0.25, -0.2) is 4.98 Å². The molecule has 0 spiro atoms. The minimum Gasteiger partial charge on any atom is -0.497 e. The number of aromatic nitrogens is 1. The number of anilines is 1. The van der Waals surface area contributed by atoms with E-state index in [1.165, 1.54) is 0 Å². The van der Waals surface area contributed by atoms with E-state index in [4.69, 9.17) is 9.15 Å². The molecular formula is C25H22N2O3. The Hall–Kier alpha value is -3.86. The molecule has 4 rings (SSSR count). The highest BCUT2D eigenvalue weighted by molar-refractivity contribution is 6.08. The lowest BCUT2D eigenvalue weighted by atomic mass is 10.1. The van der Waals surface area contributed by atoms with Gasteiger partial charge in [0.05, 0.1) is 18.9 Å². The highest BCUT2D eigenvalue weighted by Gasteiger charge is 2.17. The summed E-state index contributed by atoms with van der Waals surface area (Å²) in [6.45, 7) is 4.00. The van der Waals surface area contributed by atoms with Crippen LogP contribution in [-0.2, 0) is 0 Å². The van der Waals surface area contributed by atoms with Gasteiger partial charge < -0.3 is 14.5 Å². The van der Waals surface area contributed by atoms with E-state index >= 15 is 0 Å². The van der Waals surface area contributed by atoms with Crippen molar-refractivity contribution in [2.24, 2.45) is 0 Å². The highest BCUT2D eigenvalue weighted by Crippen LogP contribution is 2.30. The number of oxazole rings is 1. The third-order valence-corrected chi connectivity index (χ3v) is 4.91. The predicted molar refractivity (Wildman–Crippen MR) is 118 cm³/mol. The first-order chi connectivity index (χ1) is 14.5. The van der Waals surface area contributed by atoms with Gasteiger partial charge in [-0.05, 0) is 61.9 Å². The van der Waals surface area contributed by atoms with Crippen LogP contribution in [0, 0.1) is 13.8 Å². The molecule has 0 atom stereocenters. The molecule has 150 valence electrons. The van der Waals surface area contributed by atoms with E-state index in [0.717, 1.165) is 28.1 Å². The topological polar surface area (TPSA) is 64.4 Å². The molecule has 0 aliphatic rings. The van der Waals surface area contributed by atoms with Gasteiger partial charge in [-0.1, -0.05) is 29.8 Å². The van der Waals surface area contributed by atoms with E-state index in [1.807, 2.05) is 74.5 Å². The van der Waals surface area contributed by atoms with Crippen molar-refractivity contribution in [2.75, 3.05) is 12.4 Å². The van der Waals surface area contributed by atoms with E-state index in [0.29, 0.717) is 22.8 Å². The molecule has 30 heavy (non-hydrogen) atoms. The first-order valence-corrected chi connectivity index (χ1v) is 9.63. The van der Waals surface area contributed by atoms with Crippen LogP contribution in [0.15, 0.2) is 77.3 Å². The lowest BCUT2D eigenvalue weighted by Crippen LogP contribution is -2.14. The first-order valence-electron chi connectivity index (χ1n) is 9.63. The third kappa shape index (κ3) is 3.96. The van der Waals surface area contributed by atoms with Gasteiger partial charge in [0.25, 0.3) is 5.91 Å². The van der Waals surface area contributed by atoms with Crippen molar-refractivity contribution in [2.45, 2.75) is 13.8 Å². The Morgan fingerprint density at radius 2 is 1.77 bits per heavy atom. The number of aryl methyl sites for hydroxylation is 2. The summed E-state index contributed by atoms with van der Waals surface area (Å²) in [6, 6.07) is 20.8. The van der Waals surface area contributed by atoms with Gasteiger partial charge in [-0.15, -0.1) is 0 Å². The zero-order valence-corrected chi connectivity index (χ0v) is 17.1. The molecule has 1 N–H and O–H groups in total. The van der Waals surface area contributed by atoms with Gasteiger partial charge in [-0.2, -0.15) is 0 Å². The zero-order chi connectivity index (χ0) is 21.1. The van der Waals surface area contributed by atoms with E-state index in [9.17, 15) is 4.79 Å². The molecule has 0 aliphatic heterocycles. The first kappa shape index (κ1) is 19.5. The molecular weight excluding hydrogens is 376 g/mol. The summed E-state index contributed by atoms with van der Waals surface area (Å²) in [5.41, 5.74) is 4.97. The van der Waals surface area contributed by atoms with Crippen molar-refractivity contribution < 1.29 is 13.9 Å². The number of nitrogens with one attached hydrogen (secondary N) is 1. The van der Waals surface area contributed by atoms with Crippen molar-refractivity contribution in [3.8, 4) is 28.5 Å². The average Bonchev–Trinajstić information content (AvgIpc) is 3.26. The molecule has 0 saturated carbocycles. The van der Waals surface area contributed by atoms with E-state index in [-0.39, 0.29) is 5.91 Å². The van der Waals surface area contributed by atoms with Crippen molar-refractivity contribution in [3.63, 3.8) is 0 Å². The lowest BCUT2D eigenvalue weighted by molar-refractivity contribution is 0.102. The molecule has 0 saturated heterocycles. The van der Waals surface area contributed by atoms with Gasteiger partial charge in [0, 0.05) is 16.8 Å². The Bertz CT molecular complexity index is 1190. The van der Waals surface area contributed by atoms with Crippen LogP contribution in [-0.4, -0.2) is 18.0 Å². The molecule has 0 bridgehead atoms. The van der Waals surface area contributed by atoms with Crippen molar-refractivity contribution in [3.05, 3.63) is 89.6 Å². The number of benzene rings is 3. The van der Waals surface area contributed by atoms with Gasteiger partial charge in [-0.3, -0.25) is 4.79 Å². The highest BCUT2D eigenvalue weighted by atomic mass is 16.5. The minimum absolute atomic E-state index is 0.207. The van der Waals surface area contributed by atoms with Crippen LogP contribution in [0.4, 0.5) is 5.69 Å². The van der Waals surface area contributed by atoms with E-state index in [2.05, 4.69) is 10.3 Å². The van der Waals surface area contributed by atoms with Crippen molar-refractivity contribution in [1.29, 1.82) is 0 Å². The van der Waals surface area contributed by atoms with Crippen LogP contribution in [0.5, 0.6) is 5.75 Å². The summed E-state index contributed by atoms with van der Waals surface area (Å²) < 4.78 is 11.2. The summed E-state index contributed by atoms with van der Waals surface area (Å²) in [5, 5.41) is 2.99. The number of nitrogens with zero attached hydrogens (tertiary/aromatic N) is 1. The van der Waals surface area contributed by atoms with Crippen molar-refractivity contribution >= 4 is 11.6 Å². The number of ether oxygens (including phenoxy) is 1. The Labute approximate surface area is 175 Å². The van der Waals surface area contributed by atoms with Crippen LogP contribution in [0.2, 0.25) is 0 Å². The maximum Gasteiger partial charge on any atom is 0.256 e. The van der Waals surface area contributed by atoms with Crippen LogP contribution < -0.4 is 10.1 Å². The molecule has 1 heterocycles. The summed E-state index contributed by atoms with van der Waals surface area (Å²) in [6.07, 6.45) is 1.66. The summed E-state index contributed by atoms with van der Waals surface area (Å²) in [5.74, 6) is 1.58. The second-order valence-electron chi connectivity index (χ2n) is 7.08. The van der Waals surface area contributed by atoms with Gasteiger partial charge >= 0.3 is 0 Å². The average molecular weight is 398 g/mol. The Morgan fingerprint density at radius 3 is 2.50 bits per heavy atom. The molecule has 1 amide bonds. The maximum absolute atomic E-state index is 13.0. The van der Waals surface area contributed by atoms with Gasteiger partial charge in [0.1, 0.15) is 5.75 Å². The Balaban J connectivity index is 1.63. The van der Waals surface area contributed by atoms with Crippen molar-refractivity contribution in [1.82, 2.24) is 4.98 Å². The number of hydrogen-bond acceptors (Lipinski definition) is 4. The molecule has 3 aromatic carbocycles. The largest absolute Gasteiger partial charge is 0.497 e. The lowest BCUT2D eigenvalue weighted by Gasteiger charge is -2.11. The van der Waals surface area contributed by atoms with Crippen LogP contribution in [0.1, 0.15) is 21.5 Å². The molecule has 1 aromatic heterocycles. The fourth-order valence-corrected chi connectivity index (χ4v) is 3.30. The SMILES string of the molecule is COc1ccc(-c2cnc(-c3ccccc3C(=O)Nc3ccc(C)cc3C)o2)cc1. The predicted octanol–water partition coefficient (Wildman–Crippen LogP) is 5.89. The van der Waals surface area contributed by atoms with Crippen LogP contribution in [0.3, 0.4) is 0 Å².